The molecule has 1 unspecified atom stereocenters. The molecule has 2 rings (SSSR count). The van der Waals surface area contributed by atoms with E-state index in [1.54, 1.807) is 31.2 Å². The Morgan fingerprint density at radius 1 is 1.50 bits per heavy atom. The average molecular weight is 272 g/mol. The maximum atomic E-state index is 8.89. The molecule has 0 aliphatic heterocycles. The third-order valence-electron chi connectivity index (χ3n) is 2.78. The van der Waals surface area contributed by atoms with Gasteiger partial charge in [0.05, 0.1) is 18.2 Å². The molecule has 0 aliphatic rings. The fraction of sp³-hybridized carbons (Fsp3) is 0.357. The van der Waals surface area contributed by atoms with E-state index >= 15 is 0 Å². The Bertz CT molecular complexity index is 628. The molecular weight excluding hydrogens is 256 g/mol. The second-order valence-electron chi connectivity index (χ2n) is 4.67. The van der Waals surface area contributed by atoms with Crippen LogP contribution in [0.5, 0.6) is 0 Å². The predicted molar refractivity (Wildman–Crippen MR) is 72.5 cm³/mol. The Kier molecular flexibility index (Phi) is 4.13. The maximum Gasteiger partial charge on any atom is 0.258 e. The summed E-state index contributed by atoms with van der Waals surface area (Å²) < 4.78 is 10.5. The van der Waals surface area contributed by atoms with E-state index in [0.29, 0.717) is 36.1 Å². The Balaban J connectivity index is 2.26. The van der Waals surface area contributed by atoms with Crippen LogP contribution in [0.15, 0.2) is 28.8 Å². The Hall–Kier alpha value is -2.23. The number of benzene rings is 1. The molecule has 0 fully saturated rings. The zero-order chi connectivity index (χ0) is 14.6. The van der Waals surface area contributed by atoms with Gasteiger partial charge in [0.15, 0.2) is 5.82 Å². The van der Waals surface area contributed by atoms with Gasteiger partial charge in [-0.1, -0.05) is 11.2 Å². The van der Waals surface area contributed by atoms with Gasteiger partial charge in [-0.05, 0) is 32.0 Å². The van der Waals surface area contributed by atoms with Crippen LogP contribution >= 0.6 is 0 Å². The minimum absolute atomic E-state index is 0.306. The minimum atomic E-state index is -0.815. The highest BCUT2D eigenvalue weighted by Gasteiger charge is 2.28. The van der Waals surface area contributed by atoms with Crippen LogP contribution in [0.4, 0.5) is 0 Å². The van der Waals surface area contributed by atoms with Gasteiger partial charge in [0.1, 0.15) is 5.54 Å². The monoisotopic (exact) mass is 272 g/mol. The number of ether oxygens (including phenoxy) is 1. The lowest BCUT2D eigenvalue weighted by Crippen LogP contribution is -2.39. The highest BCUT2D eigenvalue weighted by atomic mass is 16.5. The van der Waals surface area contributed by atoms with Gasteiger partial charge in [0.25, 0.3) is 5.89 Å². The van der Waals surface area contributed by atoms with Gasteiger partial charge in [0, 0.05) is 12.2 Å². The van der Waals surface area contributed by atoms with Crippen molar-refractivity contribution >= 4 is 0 Å². The molecule has 6 nitrogen and oxygen atoms in total. The first-order valence-electron chi connectivity index (χ1n) is 6.28. The summed E-state index contributed by atoms with van der Waals surface area (Å²) in [6.45, 7) is 4.55. The van der Waals surface area contributed by atoms with Crippen LogP contribution < -0.4 is 5.73 Å². The summed E-state index contributed by atoms with van der Waals surface area (Å²) in [4.78, 5) is 4.29. The van der Waals surface area contributed by atoms with Crippen molar-refractivity contribution in [2.45, 2.75) is 19.4 Å². The van der Waals surface area contributed by atoms with Crippen LogP contribution in [0.25, 0.3) is 11.5 Å². The van der Waals surface area contributed by atoms with E-state index in [4.69, 9.17) is 20.3 Å². The molecular formula is C14H16N4O2. The van der Waals surface area contributed by atoms with Crippen molar-refractivity contribution in [3.8, 4) is 17.5 Å². The normalized spacial score (nSPS) is 13.7. The Labute approximate surface area is 117 Å². The standard InChI is InChI=1S/C14H16N4O2/c1-3-19-9-14(2,16)13-17-12(20-18-13)11-6-4-5-10(7-11)8-15/h4-7H,3,9,16H2,1-2H3. The van der Waals surface area contributed by atoms with E-state index in [-0.39, 0.29) is 0 Å². The first kappa shape index (κ1) is 14.2. The molecule has 1 atom stereocenters. The van der Waals surface area contributed by atoms with Crippen molar-refractivity contribution in [3.63, 3.8) is 0 Å². The van der Waals surface area contributed by atoms with Crippen molar-refractivity contribution < 1.29 is 9.26 Å². The Morgan fingerprint density at radius 3 is 3.00 bits per heavy atom. The van der Waals surface area contributed by atoms with Gasteiger partial charge in [-0.3, -0.25) is 0 Å². The fourth-order valence-corrected chi connectivity index (χ4v) is 1.67. The smallest absolute Gasteiger partial charge is 0.258 e. The van der Waals surface area contributed by atoms with Crippen molar-refractivity contribution in [2.75, 3.05) is 13.2 Å². The van der Waals surface area contributed by atoms with Crippen LogP contribution in [0.1, 0.15) is 25.2 Å². The van der Waals surface area contributed by atoms with Crippen LogP contribution in [-0.4, -0.2) is 23.4 Å². The summed E-state index contributed by atoms with van der Waals surface area (Å²) in [5.74, 6) is 0.716. The molecule has 0 saturated heterocycles. The van der Waals surface area contributed by atoms with Crippen LogP contribution in [0.2, 0.25) is 0 Å². The molecule has 6 heteroatoms. The molecule has 2 N–H and O–H groups in total. The zero-order valence-electron chi connectivity index (χ0n) is 11.5. The van der Waals surface area contributed by atoms with E-state index in [2.05, 4.69) is 16.2 Å². The van der Waals surface area contributed by atoms with E-state index in [1.807, 2.05) is 6.92 Å². The van der Waals surface area contributed by atoms with E-state index in [9.17, 15) is 0 Å². The molecule has 104 valence electrons. The topological polar surface area (TPSA) is 98.0 Å². The number of aromatic nitrogens is 2. The van der Waals surface area contributed by atoms with Gasteiger partial charge in [-0.15, -0.1) is 0 Å². The lowest BCUT2D eigenvalue weighted by Gasteiger charge is -2.19. The number of nitrogens with two attached hydrogens (primary N) is 1. The summed E-state index contributed by atoms with van der Waals surface area (Å²) in [5, 5.41) is 12.8. The number of nitriles is 1. The van der Waals surface area contributed by atoms with Crippen molar-refractivity contribution in [1.29, 1.82) is 5.26 Å². The van der Waals surface area contributed by atoms with Crippen LogP contribution in [0.3, 0.4) is 0 Å². The number of hydrogen-bond acceptors (Lipinski definition) is 6. The molecule has 0 amide bonds. The first-order chi connectivity index (χ1) is 9.56. The van der Waals surface area contributed by atoms with Crippen molar-refractivity contribution in [1.82, 2.24) is 10.1 Å². The number of rotatable bonds is 5. The summed E-state index contributed by atoms with van der Waals surface area (Å²) in [6.07, 6.45) is 0. The first-order valence-corrected chi connectivity index (χ1v) is 6.28. The molecule has 0 spiro atoms. The quantitative estimate of drug-likeness (QED) is 0.891. The van der Waals surface area contributed by atoms with Gasteiger partial charge < -0.3 is 15.0 Å². The second-order valence-corrected chi connectivity index (χ2v) is 4.67. The molecule has 1 aromatic carbocycles. The highest BCUT2D eigenvalue weighted by molar-refractivity contribution is 5.56. The SMILES string of the molecule is CCOCC(C)(N)c1noc(-c2cccc(C#N)c2)n1. The van der Waals surface area contributed by atoms with Crippen molar-refractivity contribution in [2.24, 2.45) is 5.73 Å². The third kappa shape index (κ3) is 3.02. The van der Waals surface area contributed by atoms with Crippen molar-refractivity contribution in [3.05, 3.63) is 35.7 Å². The lowest BCUT2D eigenvalue weighted by molar-refractivity contribution is 0.0962. The molecule has 20 heavy (non-hydrogen) atoms. The second kappa shape index (κ2) is 5.82. The maximum absolute atomic E-state index is 8.89. The highest BCUT2D eigenvalue weighted by Crippen LogP contribution is 2.22. The average Bonchev–Trinajstić information content (AvgIpc) is 2.96. The number of hydrogen-bond donors (Lipinski definition) is 1. The zero-order valence-corrected chi connectivity index (χ0v) is 11.5. The largest absolute Gasteiger partial charge is 0.379 e. The van der Waals surface area contributed by atoms with Gasteiger partial charge in [0.2, 0.25) is 0 Å². The molecule has 0 radical (unpaired) electrons. The molecule has 0 aliphatic carbocycles. The van der Waals surface area contributed by atoms with E-state index < -0.39 is 5.54 Å². The van der Waals surface area contributed by atoms with Crippen LogP contribution in [0, 0.1) is 11.3 Å². The molecule has 0 bridgehead atoms. The van der Waals surface area contributed by atoms with Gasteiger partial charge in [-0.2, -0.15) is 10.2 Å². The molecule has 1 heterocycles. The van der Waals surface area contributed by atoms with Crippen LogP contribution in [-0.2, 0) is 10.3 Å². The molecule has 2 aromatic rings. The summed E-state index contributed by atoms with van der Waals surface area (Å²) >= 11 is 0. The Morgan fingerprint density at radius 2 is 2.30 bits per heavy atom. The van der Waals surface area contributed by atoms with Gasteiger partial charge >= 0.3 is 0 Å². The molecule has 0 saturated carbocycles. The summed E-state index contributed by atoms with van der Waals surface area (Å²) in [7, 11) is 0. The lowest BCUT2D eigenvalue weighted by atomic mass is 10.1. The summed E-state index contributed by atoms with van der Waals surface area (Å²) in [6, 6.07) is 9.03. The molecule has 1 aromatic heterocycles. The van der Waals surface area contributed by atoms with E-state index in [0.717, 1.165) is 0 Å². The number of nitrogens with zero attached hydrogens (tertiary/aromatic N) is 3. The fourth-order valence-electron chi connectivity index (χ4n) is 1.67. The predicted octanol–water partition coefficient (Wildman–Crippen LogP) is 1.82. The van der Waals surface area contributed by atoms with Gasteiger partial charge in [-0.25, -0.2) is 0 Å². The summed E-state index contributed by atoms with van der Waals surface area (Å²) in [5.41, 5.74) is 6.52. The third-order valence-corrected chi connectivity index (χ3v) is 2.78. The van der Waals surface area contributed by atoms with E-state index in [1.165, 1.54) is 0 Å². The minimum Gasteiger partial charge on any atom is -0.379 e.